The first kappa shape index (κ1) is 20.1. The molecule has 0 saturated carbocycles. The summed E-state index contributed by atoms with van der Waals surface area (Å²) in [5, 5.41) is 6.48. The minimum atomic E-state index is -3.33. The topological polar surface area (TPSA) is 101 Å². The van der Waals surface area contributed by atoms with Gasteiger partial charge in [0, 0.05) is 30.3 Å². The van der Waals surface area contributed by atoms with Crippen molar-refractivity contribution in [2.45, 2.75) is 44.8 Å². The fourth-order valence-corrected chi connectivity index (χ4v) is 2.99. The molecule has 0 aliphatic heterocycles. The van der Waals surface area contributed by atoms with E-state index in [1.165, 1.54) is 0 Å². The van der Waals surface area contributed by atoms with Crippen LogP contribution in [0.4, 0.5) is 5.69 Å². The summed E-state index contributed by atoms with van der Waals surface area (Å²) < 4.78 is 30.6. The molecule has 1 aromatic heterocycles. The fraction of sp³-hybridized carbons (Fsp3) is 0.444. The second-order valence-electron chi connectivity index (χ2n) is 6.97. The zero-order chi connectivity index (χ0) is 19.2. The van der Waals surface area contributed by atoms with Gasteiger partial charge in [0.05, 0.1) is 10.9 Å². The van der Waals surface area contributed by atoms with Gasteiger partial charge < -0.3 is 9.84 Å². The van der Waals surface area contributed by atoms with Gasteiger partial charge in [-0.1, -0.05) is 5.16 Å². The molecule has 1 heterocycles. The van der Waals surface area contributed by atoms with E-state index >= 15 is 0 Å². The highest BCUT2D eigenvalue weighted by molar-refractivity contribution is 7.90. The van der Waals surface area contributed by atoms with E-state index in [-0.39, 0.29) is 5.91 Å². The third-order valence-corrected chi connectivity index (χ3v) is 6.02. The molecule has 0 aliphatic rings. The molecule has 0 unspecified atom stereocenters. The summed E-state index contributed by atoms with van der Waals surface area (Å²) in [4.78, 5) is 12.0. The third-order valence-electron chi connectivity index (χ3n) is 3.82. The number of hydrogen-bond acceptors (Lipinski definition) is 5. The molecule has 2 N–H and O–H groups in total. The molecule has 2 rings (SSSR count). The van der Waals surface area contributed by atoms with Gasteiger partial charge in [-0.05, 0) is 57.9 Å². The van der Waals surface area contributed by atoms with E-state index in [4.69, 9.17) is 4.52 Å². The molecule has 0 spiro atoms. The Balaban J connectivity index is 1.71. The molecule has 1 aromatic carbocycles. The van der Waals surface area contributed by atoms with Crippen molar-refractivity contribution in [3.63, 3.8) is 0 Å². The maximum atomic E-state index is 12.0. The van der Waals surface area contributed by atoms with Crippen LogP contribution in [0.3, 0.4) is 0 Å². The van der Waals surface area contributed by atoms with Gasteiger partial charge in [-0.2, -0.15) is 0 Å². The van der Waals surface area contributed by atoms with E-state index in [1.54, 1.807) is 45.2 Å². The second kappa shape index (κ2) is 8.46. The molecule has 2 aromatic rings. The van der Waals surface area contributed by atoms with E-state index in [0.717, 1.165) is 5.56 Å². The fourth-order valence-electron chi connectivity index (χ4n) is 2.14. The quantitative estimate of drug-likeness (QED) is 0.686. The Hall–Kier alpha value is -2.19. The van der Waals surface area contributed by atoms with Gasteiger partial charge >= 0.3 is 0 Å². The number of anilines is 1. The number of carbonyl (C=O) groups excluding carboxylic acids is 1. The molecular weight excluding hydrogens is 354 g/mol. The van der Waals surface area contributed by atoms with Crippen molar-refractivity contribution < 1.29 is 17.7 Å². The van der Waals surface area contributed by atoms with Crippen molar-refractivity contribution in [2.75, 3.05) is 11.9 Å². The number of amides is 1. The zero-order valence-corrected chi connectivity index (χ0v) is 16.1. The number of sulfonamides is 1. The van der Waals surface area contributed by atoms with E-state index in [0.29, 0.717) is 37.3 Å². The van der Waals surface area contributed by atoms with Crippen LogP contribution in [0.15, 0.2) is 41.1 Å². The summed E-state index contributed by atoms with van der Waals surface area (Å²) in [6, 6.07) is 9.05. The Kier molecular flexibility index (Phi) is 6.55. The molecule has 0 radical (unpaired) electrons. The van der Waals surface area contributed by atoms with Crippen LogP contribution in [0.2, 0.25) is 0 Å². The van der Waals surface area contributed by atoms with E-state index in [2.05, 4.69) is 15.2 Å². The monoisotopic (exact) mass is 379 g/mol. The van der Waals surface area contributed by atoms with Crippen LogP contribution in [-0.4, -0.2) is 30.8 Å². The van der Waals surface area contributed by atoms with Crippen molar-refractivity contribution >= 4 is 21.6 Å². The number of carbonyl (C=O) groups is 1. The van der Waals surface area contributed by atoms with Crippen molar-refractivity contribution in [2.24, 2.45) is 0 Å². The molecule has 7 nitrogen and oxygen atoms in total. The van der Waals surface area contributed by atoms with Gasteiger partial charge in [0.25, 0.3) is 0 Å². The summed E-state index contributed by atoms with van der Waals surface area (Å²) in [6.07, 6.45) is 3.12. The third kappa shape index (κ3) is 5.67. The second-order valence-corrected chi connectivity index (χ2v) is 9.49. The highest BCUT2D eigenvalue weighted by atomic mass is 32.2. The molecule has 8 heteroatoms. The van der Waals surface area contributed by atoms with Gasteiger partial charge in [-0.15, -0.1) is 0 Å². The lowest BCUT2D eigenvalue weighted by molar-refractivity contribution is -0.116. The largest absolute Gasteiger partial charge is 0.356 e. The molecule has 142 valence electrons. The van der Waals surface area contributed by atoms with Crippen LogP contribution in [0.1, 0.15) is 40.0 Å². The molecule has 1 amide bonds. The number of rotatable bonds is 8. The summed E-state index contributed by atoms with van der Waals surface area (Å²) in [5.41, 5.74) is 1.58. The molecule has 0 fully saturated rings. The smallest absolute Gasteiger partial charge is 0.224 e. The zero-order valence-electron chi connectivity index (χ0n) is 15.3. The molecule has 0 bridgehead atoms. The van der Waals surface area contributed by atoms with Gasteiger partial charge in [-0.3, -0.25) is 4.79 Å². The number of nitrogens with one attached hydrogen (secondary N) is 2. The molecule has 0 atom stereocenters. The lowest BCUT2D eigenvalue weighted by Crippen LogP contribution is -2.39. The SMILES string of the molecule is CC(C)(C)S(=O)(=O)NCCCCC(=O)Nc1ccc(-c2ccno2)cc1. The molecule has 0 saturated heterocycles. The minimum absolute atomic E-state index is 0.101. The van der Waals surface area contributed by atoms with Crippen molar-refractivity contribution in [1.82, 2.24) is 9.88 Å². The van der Waals surface area contributed by atoms with Gasteiger partial charge in [0.15, 0.2) is 5.76 Å². The maximum absolute atomic E-state index is 12.0. The first-order valence-corrected chi connectivity index (χ1v) is 9.97. The number of hydrogen-bond donors (Lipinski definition) is 2. The maximum Gasteiger partial charge on any atom is 0.224 e. The number of nitrogens with zero attached hydrogens (tertiary/aromatic N) is 1. The van der Waals surface area contributed by atoms with E-state index in [1.807, 2.05) is 12.1 Å². The van der Waals surface area contributed by atoms with Gasteiger partial charge in [-0.25, -0.2) is 13.1 Å². The van der Waals surface area contributed by atoms with Crippen LogP contribution in [0, 0.1) is 0 Å². The lowest BCUT2D eigenvalue weighted by atomic mass is 10.1. The van der Waals surface area contributed by atoms with Crippen LogP contribution < -0.4 is 10.0 Å². The average Bonchev–Trinajstić information content (AvgIpc) is 3.08. The Labute approximate surface area is 154 Å². The van der Waals surface area contributed by atoms with E-state index < -0.39 is 14.8 Å². The summed E-state index contributed by atoms with van der Waals surface area (Å²) in [6.45, 7) is 5.28. The predicted molar refractivity (Wildman–Crippen MR) is 101 cm³/mol. The van der Waals surface area contributed by atoms with Crippen molar-refractivity contribution in [3.05, 3.63) is 36.5 Å². The van der Waals surface area contributed by atoms with Crippen LogP contribution in [0.25, 0.3) is 11.3 Å². The van der Waals surface area contributed by atoms with E-state index in [9.17, 15) is 13.2 Å². The lowest BCUT2D eigenvalue weighted by Gasteiger charge is -2.19. The predicted octanol–water partition coefficient (Wildman–Crippen LogP) is 3.17. The van der Waals surface area contributed by atoms with Crippen LogP contribution in [0.5, 0.6) is 0 Å². The Morgan fingerprint density at radius 2 is 1.81 bits per heavy atom. The first-order valence-electron chi connectivity index (χ1n) is 8.49. The first-order chi connectivity index (χ1) is 12.2. The Morgan fingerprint density at radius 1 is 1.12 bits per heavy atom. The molecular formula is C18H25N3O4S. The number of unbranched alkanes of at least 4 members (excludes halogenated alkanes) is 1. The van der Waals surface area contributed by atoms with Gasteiger partial charge in [0.1, 0.15) is 0 Å². The summed E-state index contributed by atoms with van der Waals surface area (Å²) >= 11 is 0. The normalized spacial score (nSPS) is 12.1. The van der Waals surface area contributed by atoms with Gasteiger partial charge in [0.2, 0.25) is 15.9 Å². The Bertz CT molecular complexity index is 807. The number of aromatic nitrogens is 1. The molecule has 0 aliphatic carbocycles. The van der Waals surface area contributed by atoms with Crippen molar-refractivity contribution in [1.29, 1.82) is 0 Å². The molecule has 26 heavy (non-hydrogen) atoms. The summed E-state index contributed by atoms with van der Waals surface area (Å²) in [5.74, 6) is 0.566. The minimum Gasteiger partial charge on any atom is -0.356 e. The number of benzene rings is 1. The van der Waals surface area contributed by atoms with Crippen molar-refractivity contribution in [3.8, 4) is 11.3 Å². The highest BCUT2D eigenvalue weighted by Gasteiger charge is 2.27. The Morgan fingerprint density at radius 3 is 2.38 bits per heavy atom. The van der Waals surface area contributed by atoms with Crippen LogP contribution in [-0.2, 0) is 14.8 Å². The average molecular weight is 379 g/mol. The van der Waals surface area contributed by atoms with Crippen LogP contribution >= 0.6 is 0 Å². The standard InChI is InChI=1S/C18H25N3O4S/c1-18(2,3)26(23,24)20-12-5-4-6-17(22)21-15-9-7-14(8-10-15)16-11-13-19-25-16/h7-11,13,20H,4-6,12H2,1-3H3,(H,21,22). The highest BCUT2D eigenvalue weighted by Crippen LogP contribution is 2.20. The summed E-state index contributed by atoms with van der Waals surface area (Å²) in [7, 11) is -3.33.